The Kier molecular flexibility index (Phi) is 4.32. The second-order valence-corrected chi connectivity index (χ2v) is 5.16. The van der Waals surface area contributed by atoms with E-state index in [1.54, 1.807) is 12.1 Å². The maximum Gasteiger partial charge on any atom is 0.204 e. The van der Waals surface area contributed by atoms with Gasteiger partial charge in [0, 0.05) is 5.56 Å². The Morgan fingerprint density at radius 3 is 2.48 bits per heavy atom. The van der Waals surface area contributed by atoms with Crippen LogP contribution in [0.1, 0.15) is 18.1 Å². The van der Waals surface area contributed by atoms with Gasteiger partial charge in [0.05, 0.1) is 13.7 Å². The van der Waals surface area contributed by atoms with Crippen LogP contribution in [0.15, 0.2) is 42.5 Å². The summed E-state index contributed by atoms with van der Waals surface area (Å²) in [5.74, 6) is 0.374. The van der Waals surface area contributed by atoms with Crippen LogP contribution in [-0.4, -0.2) is 27.3 Å². The lowest BCUT2D eigenvalue weighted by atomic mass is 10.1. The van der Waals surface area contributed by atoms with Crippen molar-refractivity contribution in [1.29, 1.82) is 0 Å². The first-order valence-electron chi connectivity index (χ1n) is 7.39. The summed E-state index contributed by atoms with van der Waals surface area (Å²) in [5.41, 5.74) is 2.91. The van der Waals surface area contributed by atoms with E-state index in [9.17, 15) is 4.39 Å². The number of nitrogens with zero attached hydrogens (tertiary/aromatic N) is 4. The van der Waals surface area contributed by atoms with Crippen molar-refractivity contribution in [3.8, 4) is 17.1 Å². The van der Waals surface area contributed by atoms with E-state index in [0.717, 1.165) is 17.5 Å². The summed E-state index contributed by atoms with van der Waals surface area (Å²) in [5, 5.41) is 12.4. The fourth-order valence-corrected chi connectivity index (χ4v) is 2.29. The van der Waals surface area contributed by atoms with Crippen LogP contribution in [0.5, 0.6) is 5.75 Å². The van der Waals surface area contributed by atoms with Crippen molar-refractivity contribution in [2.75, 3.05) is 7.11 Å². The van der Waals surface area contributed by atoms with Gasteiger partial charge >= 0.3 is 0 Å². The molecule has 5 nitrogen and oxygen atoms in total. The number of rotatable bonds is 5. The number of methoxy groups -OCH3 is 1. The quantitative estimate of drug-likeness (QED) is 0.726. The van der Waals surface area contributed by atoms with Crippen LogP contribution in [-0.2, 0) is 13.0 Å². The highest BCUT2D eigenvalue weighted by molar-refractivity contribution is 5.54. The predicted molar refractivity (Wildman–Crippen MR) is 84.7 cm³/mol. The Balaban J connectivity index is 1.77. The molecule has 0 unspecified atom stereocenters. The minimum atomic E-state index is -0.402. The summed E-state index contributed by atoms with van der Waals surface area (Å²) in [7, 11) is 1.44. The van der Waals surface area contributed by atoms with Crippen molar-refractivity contribution < 1.29 is 9.13 Å². The van der Waals surface area contributed by atoms with Crippen LogP contribution >= 0.6 is 0 Å². The second-order valence-electron chi connectivity index (χ2n) is 5.16. The zero-order valence-corrected chi connectivity index (χ0v) is 13.0. The molecule has 0 N–H and O–H groups in total. The van der Waals surface area contributed by atoms with Gasteiger partial charge in [0.1, 0.15) is 0 Å². The molecule has 0 bridgehead atoms. The monoisotopic (exact) mass is 312 g/mol. The topological polar surface area (TPSA) is 52.8 Å². The summed E-state index contributed by atoms with van der Waals surface area (Å²) in [6.07, 6.45) is 0.990. The van der Waals surface area contributed by atoms with Crippen molar-refractivity contribution >= 4 is 0 Å². The van der Waals surface area contributed by atoms with Gasteiger partial charge in [-0.1, -0.05) is 37.3 Å². The summed E-state index contributed by atoms with van der Waals surface area (Å²) < 4.78 is 18.6. The molecule has 2 aromatic carbocycles. The maximum atomic E-state index is 13.7. The first-order chi connectivity index (χ1) is 11.2. The van der Waals surface area contributed by atoms with Gasteiger partial charge in [0.2, 0.25) is 5.82 Å². The zero-order valence-electron chi connectivity index (χ0n) is 13.0. The molecule has 0 fully saturated rings. The number of halogens is 1. The SMILES string of the molecule is CCc1ccc(-c2nnn(Cc3ccc(OC)c(F)c3)n2)cc1. The van der Waals surface area contributed by atoms with E-state index in [0.29, 0.717) is 12.4 Å². The van der Waals surface area contributed by atoms with E-state index < -0.39 is 5.82 Å². The standard InChI is InChI=1S/C17H17FN4O/c1-3-12-4-7-14(8-5-12)17-19-21-22(20-17)11-13-6-9-16(23-2)15(18)10-13/h4-10H,3,11H2,1-2H3. The predicted octanol–water partition coefficient (Wildman–Crippen LogP) is 3.10. The molecule has 23 heavy (non-hydrogen) atoms. The Hall–Kier alpha value is -2.76. The van der Waals surface area contributed by atoms with Crippen molar-refractivity contribution in [1.82, 2.24) is 20.2 Å². The lowest BCUT2D eigenvalue weighted by Gasteiger charge is -2.04. The smallest absolute Gasteiger partial charge is 0.204 e. The minimum absolute atomic E-state index is 0.219. The molecule has 0 aliphatic rings. The van der Waals surface area contributed by atoms with Gasteiger partial charge in [0.15, 0.2) is 11.6 Å². The lowest BCUT2D eigenvalue weighted by Crippen LogP contribution is -2.04. The normalized spacial score (nSPS) is 10.7. The molecule has 0 atom stereocenters. The van der Waals surface area contributed by atoms with E-state index in [1.165, 1.54) is 23.5 Å². The minimum Gasteiger partial charge on any atom is -0.494 e. The molecule has 0 saturated carbocycles. The van der Waals surface area contributed by atoms with Crippen molar-refractivity contribution in [2.45, 2.75) is 19.9 Å². The van der Waals surface area contributed by atoms with E-state index in [4.69, 9.17) is 4.74 Å². The molecule has 118 valence electrons. The third kappa shape index (κ3) is 3.36. The highest BCUT2D eigenvalue weighted by Crippen LogP contribution is 2.19. The summed E-state index contributed by atoms with van der Waals surface area (Å²) in [4.78, 5) is 1.45. The van der Waals surface area contributed by atoms with Gasteiger partial charge in [-0.15, -0.1) is 10.2 Å². The number of aromatic nitrogens is 4. The molecule has 0 amide bonds. The van der Waals surface area contributed by atoms with Gasteiger partial charge in [0.25, 0.3) is 0 Å². The van der Waals surface area contributed by atoms with Gasteiger partial charge in [-0.05, 0) is 34.9 Å². The summed E-state index contributed by atoms with van der Waals surface area (Å²) in [6.45, 7) is 2.46. The Morgan fingerprint density at radius 2 is 1.83 bits per heavy atom. The number of ether oxygens (including phenoxy) is 1. The molecule has 0 aliphatic carbocycles. The molecule has 0 radical (unpaired) electrons. The Bertz CT molecular complexity index is 799. The lowest BCUT2D eigenvalue weighted by molar-refractivity contribution is 0.386. The Morgan fingerprint density at radius 1 is 1.09 bits per heavy atom. The maximum absolute atomic E-state index is 13.7. The highest BCUT2D eigenvalue weighted by atomic mass is 19.1. The first kappa shape index (κ1) is 15.1. The van der Waals surface area contributed by atoms with Gasteiger partial charge in [-0.2, -0.15) is 4.80 Å². The molecule has 0 spiro atoms. The molecule has 1 aromatic heterocycles. The Labute approximate surface area is 133 Å². The van der Waals surface area contributed by atoms with Crippen LogP contribution in [0.3, 0.4) is 0 Å². The van der Waals surface area contributed by atoms with E-state index in [1.807, 2.05) is 12.1 Å². The van der Waals surface area contributed by atoms with Crippen LogP contribution in [0.4, 0.5) is 4.39 Å². The molecule has 3 rings (SSSR count). The van der Waals surface area contributed by atoms with Gasteiger partial charge in [-0.3, -0.25) is 0 Å². The van der Waals surface area contributed by atoms with Crippen molar-refractivity contribution in [2.24, 2.45) is 0 Å². The van der Waals surface area contributed by atoms with E-state index >= 15 is 0 Å². The summed E-state index contributed by atoms with van der Waals surface area (Å²) >= 11 is 0. The largest absolute Gasteiger partial charge is 0.494 e. The number of hydrogen-bond acceptors (Lipinski definition) is 4. The third-order valence-corrected chi connectivity index (χ3v) is 3.61. The summed E-state index contributed by atoms with van der Waals surface area (Å²) in [6, 6.07) is 12.8. The molecule has 0 aliphatic heterocycles. The van der Waals surface area contributed by atoms with Crippen LogP contribution in [0.2, 0.25) is 0 Å². The second kappa shape index (κ2) is 6.56. The number of aryl methyl sites for hydroxylation is 1. The van der Waals surface area contributed by atoms with E-state index in [-0.39, 0.29) is 5.75 Å². The third-order valence-electron chi connectivity index (χ3n) is 3.61. The van der Waals surface area contributed by atoms with Crippen LogP contribution < -0.4 is 4.74 Å². The molecule has 6 heteroatoms. The number of tetrazole rings is 1. The van der Waals surface area contributed by atoms with Crippen LogP contribution in [0, 0.1) is 5.82 Å². The molecule has 3 aromatic rings. The average molecular weight is 312 g/mol. The molecular formula is C17H17FN4O. The van der Waals surface area contributed by atoms with Crippen LogP contribution in [0.25, 0.3) is 11.4 Å². The number of hydrogen-bond donors (Lipinski definition) is 0. The molecular weight excluding hydrogens is 295 g/mol. The average Bonchev–Trinajstić information content (AvgIpc) is 3.03. The number of benzene rings is 2. The van der Waals surface area contributed by atoms with E-state index in [2.05, 4.69) is 34.5 Å². The highest BCUT2D eigenvalue weighted by Gasteiger charge is 2.08. The van der Waals surface area contributed by atoms with Gasteiger partial charge < -0.3 is 4.74 Å². The van der Waals surface area contributed by atoms with Crippen molar-refractivity contribution in [3.05, 3.63) is 59.4 Å². The fourth-order valence-electron chi connectivity index (χ4n) is 2.29. The first-order valence-corrected chi connectivity index (χ1v) is 7.39. The zero-order chi connectivity index (χ0) is 16.2. The fraction of sp³-hybridized carbons (Fsp3) is 0.235. The molecule has 1 heterocycles. The van der Waals surface area contributed by atoms with Crippen molar-refractivity contribution in [3.63, 3.8) is 0 Å². The molecule has 0 saturated heterocycles. The van der Waals surface area contributed by atoms with Gasteiger partial charge in [-0.25, -0.2) is 4.39 Å².